The number of hydrogen-bond acceptors (Lipinski definition) is 3. The van der Waals surface area contributed by atoms with Crippen molar-refractivity contribution in [3.8, 4) is 5.75 Å². The number of phenols is 1. The highest BCUT2D eigenvalue weighted by atomic mass is 19.1. The summed E-state index contributed by atoms with van der Waals surface area (Å²) in [6.45, 7) is 1.28. The van der Waals surface area contributed by atoms with Gasteiger partial charge < -0.3 is 10.8 Å². The van der Waals surface area contributed by atoms with Crippen LogP contribution in [-0.2, 0) is 0 Å². The molecule has 3 N–H and O–H groups in total. The second-order valence-corrected chi connectivity index (χ2v) is 2.75. The first-order chi connectivity index (χ1) is 6.06. The van der Waals surface area contributed by atoms with E-state index in [1.165, 1.54) is 6.92 Å². The number of rotatable bonds is 2. The Labute approximate surface area is 75.0 Å². The Morgan fingerprint density at radius 1 is 1.62 bits per heavy atom. The number of phenolic OH excluding ortho intramolecular Hbond substituents is 1. The van der Waals surface area contributed by atoms with E-state index in [4.69, 9.17) is 5.73 Å². The summed E-state index contributed by atoms with van der Waals surface area (Å²) in [7, 11) is 0. The lowest BCUT2D eigenvalue weighted by atomic mass is 10.1. The van der Waals surface area contributed by atoms with Crippen LogP contribution in [0, 0.1) is 12.7 Å². The van der Waals surface area contributed by atoms with Gasteiger partial charge in [-0.05, 0) is 24.6 Å². The second kappa shape index (κ2) is 3.53. The van der Waals surface area contributed by atoms with Crippen LogP contribution in [-0.4, -0.2) is 17.4 Å². The van der Waals surface area contributed by atoms with Crippen molar-refractivity contribution in [2.45, 2.75) is 6.92 Å². The summed E-state index contributed by atoms with van der Waals surface area (Å²) in [5, 5.41) is 9.38. The first-order valence-corrected chi connectivity index (χ1v) is 3.78. The lowest BCUT2D eigenvalue weighted by Gasteiger charge is -2.04. The van der Waals surface area contributed by atoms with Crippen LogP contribution >= 0.6 is 0 Å². The van der Waals surface area contributed by atoms with Crippen molar-refractivity contribution in [2.24, 2.45) is 5.73 Å². The Morgan fingerprint density at radius 2 is 2.23 bits per heavy atom. The lowest BCUT2D eigenvalue weighted by molar-refractivity contribution is 0.0998. The molecule has 0 aliphatic heterocycles. The van der Waals surface area contributed by atoms with Crippen LogP contribution < -0.4 is 5.73 Å². The Hall–Kier alpha value is -1.42. The summed E-state index contributed by atoms with van der Waals surface area (Å²) in [6, 6.07) is 2.14. The highest BCUT2D eigenvalue weighted by molar-refractivity contribution is 6.00. The van der Waals surface area contributed by atoms with E-state index in [0.29, 0.717) is 5.56 Å². The third-order valence-corrected chi connectivity index (χ3v) is 1.75. The number of nitrogens with two attached hydrogens (primary N) is 1. The molecule has 0 heterocycles. The molecule has 0 fully saturated rings. The highest BCUT2D eigenvalue weighted by Gasteiger charge is 2.12. The number of carbonyl (C=O) groups is 1. The molecule has 0 amide bonds. The Morgan fingerprint density at radius 3 is 2.77 bits per heavy atom. The van der Waals surface area contributed by atoms with Crippen LogP contribution in [0.25, 0.3) is 0 Å². The molecule has 13 heavy (non-hydrogen) atoms. The van der Waals surface area contributed by atoms with E-state index in [1.54, 1.807) is 0 Å². The Balaban J connectivity index is 3.28. The van der Waals surface area contributed by atoms with Gasteiger partial charge in [0.15, 0.2) is 5.78 Å². The summed E-state index contributed by atoms with van der Waals surface area (Å²) >= 11 is 0. The van der Waals surface area contributed by atoms with Crippen molar-refractivity contribution in [3.05, 3.63) is 29.1 Å². The zero-order chi connectivity index (χ0) is 10.0. The molecule has 0 bridgehead atoms. The molecule has 0 aliphatic carbocycles. The van der Waals surface area contributed by atoms with E-state index in [0.717, 1.165) is 12.1 Å². The van der Waals surface area contributed by atoms with Crippen LogP contribution in [0.2, 0.25) is 0 Å². The molecule has 0 radical (unpaired) electrons. The molecular formula is C9H10FNO2. The van der Waals surface area contributed by atoms with Gasteiger partial charge in [0.2, 0.25) is 0 Å². The molecule has 0 spiro atoms. The first kappa shape index (κ1) is 9.67. The molecule has 70 valence electrons. The number of aromatic hydroxyl groups is 1. The molecule has 1 aromatic rings. The van der Waals surface area contributed by atoms with Gasteiger partial charge in [0.25, 0.3) is 0 Å². The van der Waals surface area contributed by atoms with Crippen molar-refractivity contribution >= 4 is 5.78 Å². The number of hydrogen-bond donors (Lipinski definition) is 2. The third kappa shape index (κ3) is 1.84. The van der Waals surface area contributed by atoms with E-state index in [9.17, 15) is 14.3 Å². The molecule has 1 aromatic carbocycles. The van der Waals surface area contributed by atoms with E-state index < -0.39 is 11.6 Å². The number of aryl methyl sites for hydroxylation is 1. The monoisotopic (exact) mass is 183 g/mol. The maximum atomic E-state index is 12.8. The van der Waals surface area contributed by atoms with Crippen LogP contribution in [0.15, 0.2) is 12.1 Å². The van der Waals surface area contributed by atoms with Gasteiger partial charge in [0.05, 0.1) is 12.1 Å². The summed E-state index contributed by atoms with van der Waals surface area (Å²) in [4.78, 5) is 11.1. The van der Waals surface area contributed by atoms with Crippen LogP contribution in [0.1, 0.15) is 15.9 Å². The predicted octanol–water partition coefficient (Wildman–Crippen LogP) is 0.981. The summed E-state index contributed by atoms with van der Waals surface area (Å²) in [5.41, 5.74) is 5.36. The minimum Gasteiger partial charge on any atom is -0.507 e. The largest absolute Gasteiger partial charge is 0.507 e. The Bertz CT molecular complexity index is 350. The minimum atomic E-state index is -0.549. The number of carbonyl (C=O) groups excluding carboxylic acids is 1. The van der Waals surface area contributed by atoms with Crippen LogP contribution in [0.3, 0.4) is 0 Å². The fraction of sp³-hybridized carbons (Fsp3) is 0.222. The van der Waals surface area contributed by atoms with Gasteiger partial charge in [0.1, 0.15) is 11.6 Å². The fourth-order valence-electron chi connectivity index (χ4n) is 1.06. The molecule has 0 saturated carbocycles. The SMILES string of the molecule is Cc1cc(F)cc(C(=O)CN)c1O. The van der Waals surface area contributed by atoms with Gasteiger partial charge in [0, 0.05) is 0 Å². The molecule has 4 heteroatoms. The number of halogens is 1. The zero-order valence-electron chi connectivity index (χ0n) is 7.17. The van der Waals surface area contributed by atoms with Gasteiger partial charge in [-0.2, -0.15) is 0 Å². The highest BCUT2D eigenvalue weighted by Crippen LogP contribution is 2.23. The van der Waals surface area contributed by atoms with Gasteiger partial charge in [-0.3, -0.25) is 4.79 Å². The van der Waals surface area contributed by atoms with Gasteiger partial charge >= 0.3 is 0 Å². The molecule has 3 nitrogen and oxygen atoms in total. The normalized spacial score (nSPS) is 10.1. The van der Waals surface area contributed by atoms with E-state index >= 15 is 0 Å². The van der Waals surface area contributed by atoms with E-state index in [2.05, 4.69) is 0 Å². The van der Waals surface area contributed by atoms with Crippen molar-refractivity contribution in [1.29, 1.82) is 0 Å². The van der Waals surface area contributed by atoms with Crippen molar-refractivity contribution in [2.75, 3.05) is 6.54 Å². The third-order valence-electron chi connectivity index (χ3n) is 1.75. The van der Waals surface area contributed by atoms with Crippen LogP contribution in [0.4, 0.5) is 4.39 Å². The minimum absolute atomic E-state index is 0.0556. The molecule has 0 aromatic heterocycles. The predicted molar refractivity (Wildman–Crippen MR) is 46.2 cm³/mol. The van der Waals surface area contributed by atoms with E-state index in [1.807, 2.05) is 0 Å². The molecular weight excluding hydrogens is 173 g/mol. The summed E-state index contributed by atoms with van der Waals surface area (Å²) < 4.78 is 12.8. The van der Waals surface area contributed by atoms with Gasteiger partial charge in [-0.25, -0.2) is 4.39 Å². The number of benzene rings is 1. The van der Waals surface area contributed by atoms with Crippen molar-refractivity contribution < 1.29 is 14.3 Å². The fourth-order valence-corrected chi connectivity index (χ4v) is 1.06. The topological polar surface area (TPSA) is 63.3 Å². The summed E-state index contributed by atoms with van der Waals surface area (Å²) in [6.07, 6.45) is 0. The maximum Gasteiger partial charge on any atom is 0.180 e. The zero-order valence-corrected chi connectivity index (χ0v) is 7.17. The first-order valence-electron chi connectivity index (χ1n) is 3.78. The molecule has 0 unspecified atom stereocenters. The second-order valence-electron chi connectivity index (χ2n) is 2.75. The van der Waals surface area contributed by atoms with Gasteiger partial charge in [-0.15, -0.1) is 0 Å². The smallest absolute Gasteiger partial charge is 0.180 e. The molecule has 0 aliphatic rings. The maximum absolute atomic E-state index is 12.8. The average Bonchev–Trinajstić information content (AvgIpc) is 2.10. The average molecular weight is 183 g/mol. The molecule has 0 saturated heterocycles. The number of ketones is 1. The van der Waals surface area contributed by atoms with E-state index in [-0.39, 0.29) is 17.9 Å². The van der Waals surface area contributed by atoms with Crippen LogP contribution in [0.5, 0.6) is 5.75 Å². The summed E-state index contributed by atoms with van der Waals surface area (Å²) in [5.74, 6) is -1.22. The molecule has 0 atom stereocenters. The standard InChI is InChI=1S/C9H10FNO2/c1-5-2-6(10)3-7(9(5)13)8(12)4-11/h2-3,13H,4,11H2,1H3. The lowest BCUT2D eigenvalue weighted by Crippen LogP contribution is -2.14. The number of Topliss-reactive ketones (excluding diaryl/α,β-unsaturated/α-hetero) is 1. The quantitative estimate of drug-likeness (QED) is 0.672. The Kier molecular flexibility index (Phi) is 2.63. The van der Waals surface area contributed by atoms with Crippen molar-refractivity contribution in [1.82, 2.24) is 0 Å². The van der Waals surface area contributed by atoms with Crippen molar-refractivity contribution in [3.63, 3.8) is 0 Å². The molecule has 1 rings (SSSR count). The van der Waals surface area contributed by atoms with Gasteiger partial charge in [-0.1, -0.05) is 0 Å².